The Kier molecular flexibility index (Phi) is 6.14. The lowest BCUT2D eigenvalue weighted by Crippen LogP contribution is -2.27. The Bertz CT molecular complexity index is 1680. The number of nitrogens with zero attached hydrogens (tertiary/aromatic N) is 3. The maximum Gasteiger partial charge on any atom is 0.264 e. The maximum atomic E-state index is 13.4. The summed E-state index contributed by atoms with van der Waals surface area (Å²) in [5, 5.41) is 2.43. The maximum absolute atomic E-state index is 13.4. The molecule has 1 amide bonds. The zero-order valence-corrected chi connectivity index (χ0v) is 20.9. The predicted octanol–water partition coefficient (Wildman–Crippen LogP) is 5.57. The minimum atomic E-state index is -4.07. The number of carbonyl (C=O) groups excluding carboxylic acids is 1. The third-order valence-electron chi connectivity index (χ3n) is 5.63. The van der Waals surface area contributed by atoms with Gasteiger partial charge in [0, 0.05) is 18.6 Å². The van der Waals surface area contributed by atoms with Gasteiger partial charge in [-0.15, -0.1) is 0 Å². The molecule has 5 aromatic rings. The van der Waals surface area contributed by atoms with Gasteiger partial charge < -0.3 is 4.90 Å². The van der Waals surface area contributed by atoms with E-state index in [0.717, 1.165) is 28.1 Å². The second kappa shape index (κ2) is 9.26. The number of amides is 1. The number of hydrogen-bond acceptors (Lipinski definition) is 6. The highest BCUT2D eigenvalue weighted by atomic mass is 35.5. The van der Waals surface area contributed by atoms with Crippen LogP contribution in [0.15, 0.2) is 83.8 Å². The molecule has 1 heterocycles. The molecule has 5 rings (SSSR count). The lowest BCUT2D eigenvalue weighted by molar-refractivity contribution is 0.0786. The van der Waals surface area contributed by atoms with E-state index in [1.165, 1.54) is 18.2 Å². The SMILES string of the molecule is CN(Cc1cccc2ccccc12)C(=O)c1ccc(Cl)cc1NS(=O)(=O)c1cccc2nsnc12. The molecule has 176 valence electrons. The molecule has 0 aliphatic heterocycles. The Labute approximate surface area is 211 Å². The number of aromatic nitrogens is 2. The Balaban J connectivity index is 1.47. The van der Waals surface area contributed by atoms with E-state index < -0.39 is 10.0 Å². The number of nitrogens with one attached hydrogen (secondary N) is 1. The molecular formula is C25H19ClN4O3S2. The third-order valence-corrected chi connectivity index (χ3v) is 7.80. The summed E-state index contributed by atoms with van der Waals surface area (Å²) >= 11 is 7.10. The van der Waals surface area contributed by atoms with Crippen molar-refractivity contribution in [2.75, 3.05) is 11.8 Å². The van der Waals surface area contributed by atoms with E-state index in [2.05, 4.69) is 13.5 Å². The monoisotopic (exact) mass is 522 g/mol. The smallest absolute Gasteiger partial charge is 0.264 e. The molecule has 7 nitrogen and oxygen atoms in total. The van der Waals surface area contributed by atoms with E-state index in [-0.39, 0.29) is 27.6 Å². The summed E-state index contributed by atoms with van der Waals surface area (Å²) in [5.41, 5.74) is 2.01. The van der Waals surface area contributed by atoms with Crippen molar-refractivity contribution in [3.63, 3.8) is 0 Å². The van der Waals surface area contributed by atoms with Crippen molar-refractivity contribution in [3.05, 3.63) is 95.0 Å². The summed E-state index contributed by atoms with van der Waals surface area (Å²) in [6.45, 7) is 0.346. The molecule has 0 radical (unpaired) electrons. The Morgan fingerprint density at radius 2 is 1.77 bits per heavy atom. The van der Waals surface area contributed by atoms with Crippen molar-refractivity contribution in [1.29, 1.82) is 0 Å². The number of sulfonamides is 1. The number of benzene rings is 4. The predicted molar refractivity (Wildman–Crippen MR) is 139 cm³/mol. The van der Waals surface area contributed by atoms with Crippen molar-refractivity contribution >= 4 is 66.8 Å². The molecule has 0 saturated heterocycles. The first kappa shape index (κ1) is 23.2. The first-order valence-electron chi connectivity index (χ1n) is 10.6. The molecule has 0 aliphatic rings. The van der Waals surface area contributed by atoms with Crippen molar-refractivity contribution in [2.24, 2.45) is 0 Å². The molecule has 0 fully saturated rings. The van der Waals surface area contributed by atoms with Crippen LogP contribution in [-0.2, 0) is 16.6 Å². The summed E-state index contributed by atoms with van der Waals surface area (Å²) < 4.78 is 37.3. The summed E-state index contributed by atoms with van der Waals surface area (Å²) in [6, 6.07) is 23.1. The van der Waals surface area contributed by atoms with E-state index in [1.807, 2.05) is 42.5 Å². The van der Waals surface area contributed by atoms with Crippen LogP contribution in [0.4, 0.5) is 5.69 Å². The molecule has 1 N–H and O–H groups in total. The van der Waals surface area contributed by atoms with Gasteiger partial charge in [0.15, 0.2) is 0 Å². The summed E-state index contributed by atoms with van der Waals surface area (Å²) in [6.07, 6.45) is 0. The molecule has 35 heavy (non-hydrogen) atoms. The second-order valence-corrected chi connectivity index (χ2v) is 10.6. The van der Waals surface area contributed by atoms with Gasteiger partial charge in [-0.1, -0.05) is 60.1 Å². The van der Waals surface area contributed by atoms with Crippen LogP contribution in [0.5, 0.6) is 0 Å². The fourth-order valence-electron chi connectivity index (χ4n) is 3.95. The number of halogens is 1. The van der Waals surface area contributed by atoms with Gasteiger partial charge in [-0.05, 0) is 46.7 Å². The van der Waals surface area contributed by atoms with Gasteiger partial charge in [0.1, 0.15) is 15.9 Å². The topological polar surface area (TPSA) is 92.3 Å². The average molecular weight is 523 g/mol. The highest BCUT2D eigenvalue weighted by molar-refractivity contribution is 7.93. The van der Waals surface area contributed by atoms with Gasteiger partial charge in [-0.2, -0.15) is 8.75 Å². The fourth-order valence-corrected chi connectivity index (χ4v) is 5.96. The van der Waals surface area contributed by atoms with E-state index in [0.29, 0.717) is 17.1 Å². The van der Waals surface area contributed by atoms with Crippen LogP contribution in [0.25, 0.3) is 21.8 Å². The molecule has 0 spiro atoms. The van der Waals surface area contributed by atoms with Crippen molar-refractivity contribution < 1.29 is 13.2 Å². The molecule has 10 heteroatoms. The molecule has 1 aromatic heterocycles. The van der Waals surface area contributed by atoms with Gasteiger partial charge in [-0.3, -0.25) is 9.52 Å². The highest BCUT2D eigenvalue weighted by Crippen LogP contribution is 2.28. The largest absolute Gasteiger partial charge is 0.337 e. The number of fused-ring (bicyclic) bond motifs is 2. The van der Waals surface area contributed by atoms with Crippen LogP contribution in [0, 0.1) is 0 Å². The minimum absolute atomic E-state index is 0.0220. The van der Waals surface area contributed by atoms with Gasteiger partial charge in [0.05, 0.1) is 23.0 Å². The van der Waals surface area contributed by atoms with Gasteiger partial charge in [0.25, 0.3) is 15.9 Å². The number of rotatable bonds is 6. The minimum Gasteiger partial charge on any atom is -0.337 e. The Hall–Kier alpha value is -3.53. The number of hydrogen-bond donors (Lipinski definition) is 1. The summed E-state index contributed by atoms with van der Waals surface area (Å²) in [5.74, 6) is -0.346. The average Bonchev–Trinajstić information content (AvgIpc) is 3.33. The fraction of sp³-hybridized carbons (Fsp3) is 0.0800. The normalized spacial score (nSPS) is 11.6. The molecule has 4 aromatic carbocycles. The first-order chi connectivity index (χ1) is 16.8. The zero-order valence-electron chi connectivity index (χ0n) is 18.5. The third kappa shape index (κ3) is 4.58. The molecule has 0 saturated carbocycles. The molecular weight excluding hydrogens is 504 g/mol. The van der Waals surface area contributed by atoms with Gasteiger partial charge in [-0.25, -0.2) is 8.42 Å². The van der Waals surface area contributed by atoms with Crippen molar-refractivity contribution in [2.45, 2.75) is 11.4 Å². The van der Waals surface area contributed by atoms with E-state index in [4.69, 9.17) is 11.6 Å². The van der Waals surface area contributed by atoms with Crippen molar-refractivity contribution in [3.8, 4) is 0 Å². The van der Waals surface area contributed by atoms with Crippen LogP contribution >= 0.6 is 23.3 Å². The Morgan fingerprint density at radius 1 is 1.00 bits per heavy atom. The lowest BCUT2D eigenvalue weighted by Gasteiger charge is -2.21. The van der Waals surface area contributed by atoms with Gasteiger partial charge >= 0.3 is 0 Å². The van der Waals surface area contributed by atoms with Crippen LogP contribution in [0.2, 0.25) is 5.02 Å². The van der Waals surface area contributed by atoms with E-state index in [1.54, 1.807) is 30.1 Å². The number of carbonyl (C=O) groups is 1. The number of anilines is 1. The molecule has 0 unspecified atom stereocenters. The van der Waals surface area contributed by atoms with E-state index in [9.17, 15) is 13.2 Å². The standard InChI is InChI=1S/C25H19ClN4O3S2/c1-30(15-17-8-4-7-16-6-2-3-9-19(16)17)25(31)20-13-12-18(26)14-22(20)29-35(32,33)23-11-5-10-21-24(23)28-34-27-21/h2-14,29H,15H2,1H3. The molecule has 0 bridgehead atoms. The Morgan fingerprint density at radius 3 is 2.63 bits per heavy atom. The van der Waals surface area contributed by atoms with Crippen LogP contribution < -0.4 is 4.72 Å². The summed E-state index contributed by atoms with van der Waals surface area (Å²) in [4.78, 5) is 15.0. The second-order valence-electron chi connectivity index (χ2n) is 7.98. The van der Waals surface area contributed by atoms with E-state index >= 15 is 0 Å². The lowest BCUT2D eigenvalue weighted by atomic mass is 10.0. The van der Waals surface area contributed by atoms with Crippen LogP contribution in [-0.4, -0.2) is 35.0 Å². The quantitative estimate of drug-likeness (QED) is 0.314. The van der Waals surface area contributed by atoms with Crippen LogP contribution in [0.1, 0.15) is 15.9 Å². The van der Waals surface area contributed by atoms with Gasteiger partial charge in [0.2, 0.25) is 0 Å². The van der Waals surface area contributed by atoms with Crippen molar-refractivity contribution in [1.82, 2.24) is 13.6 Å². The highest BCUT2D eigenvalue weighted by Gasteiger charge is 2.24. The van der Waals surface area contributed by atoms with Crippen LogP contribution in [0.3, 0.4) is 0 Å². The zero-order chi connectivity index (χ0) is 24.6. The summed E-state index contributed by atoms with van der Waals surface area (Å²) in [7, 11) is -2.39. The first-order valence-corrected chi connectivity index (χ1v) is 13.2. The molecule has 0 atom stereocenters. The molecule has 0 aliphatic carbocycles.